The van der Waals surface area contributed by atoms with E-state index in [2.05, 4.69) is 60.2 Å². The first-order valence-electron chi connectivity index (χ1n) is 10.1. The van der Waals surface area contributed by atoms with Crippen molar-refractivity contribution in [3.8, 4) is 11.5 Å². The molecule has 0 aliphatic carbocycles. The summed E-state index contributed by atoms with van der Waals surface area (Å²) in [6.45, 7) is 5.10. The maximum atomic E-state index is 5.29. The van der Waals surface area contributed by atoms with E-state index in [4.69, 9.17) is 4.42 Å². The predicted molar refractivity (Wildman–Crippen MR) is 113 cm³/mol. The summed E-state index contributed by atoms with van der Waals surface area (Å²) >= 11 is 0. The number of anilines is 1. The quantitative estimate of drug-likeness (QED) is 0.546. The number of hydrogen-bond acceptors (Lipinski definition) is 6. The third-order valence-electron chi connectivity index (χ3n) is 5.57. The van der Waals surface area contributed by atoms with E-state index in [9.17, 15) is 0 Å². The van der Waals surface area contributed by atoms with Gasteiger partial charge in [0.25, 0.3) is 0 Å². The van der Waals surface area contributed by atoms with Gasteiger partial charge in [-0.15, -0.1) is 0 Å². The summed E-state index contributed by atoms with van der Waals surface area (Å²) in [5.74, 6) is 1.33. The van der Waals surface area contributed by atoms with Crippen molar-refractivity contribution in [1.82, 2.24) is 24.8 Å². The number of fused-ring (bicyclic) bond motifs is 1. The number of H-pyrrole nitrogens is 1. The van der Waals surface area contributed by atoms with E-state index in [0.717, 1.165) is 50.7 Å². The van der Waals surface area contributed by atoms with Crippen molar-refractivity contribution in [2.75, 3.05) is 37.6 Å². The van der Waals surface area contributed by atoms with Crippen LogP contribution in [0.25, 0.3) is 22.4 Å². The molecule has 0 spiro atoms. The number of rotatable bonds is 6. The minimum absolute atomic E-state index is 0.552. The summed E-state index contributed by atoms with van der Waals surface area (Å²) in [7, 11) is 0. The van der Waals surface area contributed by atoms with Gasteiger partial charge in [-0.2, -0.15) is 0 Å². The minimum atomic E-state index is 0.552. The Morgan fingerprint density at radius 2 is 1.83 bits per heavy atom. The first-order valence-corrected chi connectivity index (χ1v) is 10.1. The van der Waals surface area contributed by atoms with E-state index < -0.39 is 0 Å². The zero-order valence-corrected chi connectivity index (χ0v) is 16.3. The number of aryl methyl sites for hydroxylation is 1. The Kier molecular flexibility index (Phi) is 4.96. The molecule has 1 N–H and O–H groups in total. The van der Waals surface area contributed by atoms with E-state index in [1.807, 2.05) is 0 Å². The van der Waals surface area contributed by atoms with E-state index in [1.54, 1.807) is 24.9 Å². The SMILES string of the molecule is c1ccc2c(CCCN3CCN(c4ncc(-c5ncco5)cn4)CC3)c[nH]c2c1. The van der Waals surface area contributed by atoms with Gasteiger partial charge >= 0.3 is 0 Å². The molecule has 0 saturated carbocycles. The number of aromatic amines is 1. The number of hydrogen-bond donors (Lipinski definition) is 1. The Hall–Kier alpha value is -3.19. The second-order valence-corrected chi connectivity index (χ2v) is 7.40. The first-order chi connectivity index (χ1) is 14.4. The van der Waals surface area contributed by atoms with Crippen molar-refractivity contribution in [3.63, 3.8) is 0 Å². The van der Waals surface area contributed by atoms with Crippen LogP contribution in [0.15, 0.2) is 59.7 Å². The Bertz CT molecular complexity index is 1050. The average molecular weight is 388 g/mol. The Morgan fingerprint density at radius 1 is 1.00 bits per heavy atom. The number of para-hydroxylation sites is 1. The normalized spacial score (nSPS) is 15.2. The molecule has 4 aromatic rings. The van der Waals surface area contributed by atoms with Crippen LogP contribution in [-0.4, -0.2) is 57.6 Å². The third kappa shape index (κ3) is 3.86. The van der Waals surface area contributed by atoms with Gasteiger partial charge in [0.1, 0.15) is 6.26 Å². The standard InChI is InChI=1S/C22H24N6O/c1-2-6-20-19(5-1)17(14-24-20)4-3-8-27-9-11-28(12-10-27)22-25-15-18(16-26-22)21-23-7-13-29-21/h1-2,5-7,13-16,24H,3-4,8-12H2. The van der Waals surface area contributed by atoms with E-state index in [0.29, 0.717) is 5.89 Å². The van der Waals surface area contributed by atoms with Crippen molar-refractivity contribution < 1.29 is 4.42 Å². The second-order valence-electron chi connectivity index (χ2n) is 7.40. The molecule has 1 aromatic carbocycles. The van der Waals surface area contributed by atoms with Crippen LogP contribution in [-0.2, 0) is 6.42 Å². The lowest BCUT2D eigenvalue weighted by atomic mass is 10.1. The molecule has 4 heterocycles. The predicted octanol–water partition coefficient (Wildman–Crippen LogP) is 3.37. The molecule has 1 aliphatic heterocycles. The molecule has 29 heavy (non-hydrogen) atoms. The molecule has 5 rings (SSSR count). The summed E-state index contributed by atoms with van der Waals surface area (Å²) in [5.41, 5.74) is 3.44. The van der Waals surface area contributed by atoms with Crippen LogP contribution < -0.4 is 4.90 Å². The average Bonchev–Trinajstić information content (AvgIpc) is 3.45. The number of oxazole rings is 1. The number of benzene rings is 1. The van der Waals surface area contributed by atoms with Gasteiger partial charge in [-0.1, -0.05) is 18.2 Å². The van der Waals surface area contributed by atoms with E-state index in [1.165, 1.54) is 22.9 Å². The highest BCUT2D eigenvalue weighted by Crippen LogP contribution is 2.20. The largest absolute Gasteiger partial charge is 0.444 e. The lowest BCUT2D eigenvalue weighted by Gasteiger charge is -2.34. The highest BCUT2D eigenvalue weighted by Gasteiger charge is 2.19. The summed E-state index contributed by atoms with van der Waals surface area (Å²) in [5, 5.41) is 1.35. The third-order valence-corrected chi connectivity index (χ3v) is 5.57. The van der Waals surface area contributed by atoms with Gasteiger partial charge < -0.3 is 14.3 Å². The molecule has 0 atom stereocenters. The maximum absolute atomic E-state index is 5.29. The maximum Gasteiger partial charge on any atom is 0.229 e. The molecular weight excluding hydrogens is 364 g/mol. The molecule has 0 unspecified atom stereocenters. The van der Waals surface area contributed by atoms with Crippen molar-refractivity contribution >= 4 is 16.9 Å². The van der Waals surface area contributed by atoms with Crippen LogP contribution in [0.1, 0.15) is 12.0 Å². The van der Waals surface area contributed by atoms with Crippen LogP contribution >= 0.6 is 0 Å². The fraction of sp³-hybridized carbons (Fsp3) is 0.318. The molecule has 148 valence electrons. The van der Waals surface area contributed by atoms with Gasteiger partial charge in [-0.3, -0.25) is 4.90 Å². The monoisotopic (exact) mass is 388 g/mol. The highest BCUT2D eigenvalue weighted by atomic mass is 16.3. The van der Waals surface area contributed by atoms with Crippen molar-refractivity contribution in [3.05, 3.63) is 60.9 Å². The topological polar surface area (TPSA) is 74.1 Å². The molecule has 7 nitrogen and oxygen atoms in total. The van der Waals surface area contributed by atoms with E-state index in [-0.39, 0.29) is 0 Å². The Balaban J connectivity index is 1.11. The molecule has 1 saturated heterocycles. The summed E-state index contributed by atoms with van der Waals surface area (Å²) in [4.78, 5) is 21.3. The lowest BCUT2D eigenvalue weighted by Crippen LogP contribution is -2.47. The summed E-state index contributed by atoms with van der Waals surface area (Å²) in [6, 6.07) is 8.52. The van der Waals surface area contributed by atoms with Crippen LogP contribution in [0.3, 0.4) is 0 Å². The minimum Gasteiger partial charge on any atom is -0.444 e. The van der Waals surface area contributed by atoms with Crippen LogP contribution in [0.5, 0.6) is 0 Å². The van der Waals surface area contributed by atoms with Gasteiger partial charge in [0, 0.05) is 55.7 Å². The Morgan fingerprint density at radius 3 is 2.62 bits per heavy atom. The lowest BCUT2D eigenvalue weighted by molar-refractivity contribution is 0.254. The molecule has 7 heteroatoms. The zero-order chi connectivity index (χ0) is 19.5. The molecule has 0 radical (unpaired) electrons. The smallest absolute Gasteiger partial charge is 0.229 e. The van der Waals surface area contributed by atoms with Crippen LogP contribution in [0, 0.1) is 0 Å². The van der Waals surface area contributed by atoms with Gasteiger partial charge in [0.15, 0.2) is 0 Å². The molecular formula is C22H24N6O. The Labute approximate surface area is 169 Å². The number of aromatic nitrogens is 4. The second kappa shape index (κ2) is 8.05. The molecule has 0 bridgehead atoms. The molecule has 1 fully saturated rings. The van der Waals surface area contributed by atoms with Crippen molar-refractivity contribution in [1.29, 1.82) is 0 Å². The fourth-order valence-electron chi connectivity index (χ4n) is 3.96. The molecule has 1 aliphatic rings. The molecule has 0 amide bonds. The zero-order valence-electron chi connectivity index (χ0n) is 16.3. The van der Waals surface area contributed by atoms with Gasteiger partial charge in [-0.25, -0.2) is 15.0 Å². The van der Waals surface area contributed by atoms with Crippen molar-refractivity contribution in [2.24, 2.45) is 0 Å². The van der Waals surface area contributed by atoms with Crippen LogP contribution in [0.2, 0.25) is 0 Å². The van der Waals surface area contributed by atoms with Gasteiger partial charge in [-0.05, 0) is 31.0 Å². The summed E-state index contributed by atoms with van der Waals surface area (Å²) in [6.07, 6.45) is 11.2. The van der Waals surface area contributed by atoms with Crippen molar-refractivity contribution in [2.45, 2.75) is 12.8 Å². The first kappa shape index (κ1) is 17.9. The van der Waals surface area contributed by atoms with Gasteiger partial charge in [0.2, 0.25) is 11.8 Å². The highest BCUT2D eigenvalue weighted by molar-refractivity contribution is 5.83. The van der Waals surface area contributed by atoms with Gasteiger partial charge in [0.05, 0.1) is 11.8 Å². The van der Waals surface area contributed by atoms with Crippen LogP contribution in [0.4, 0.5) is 5.95 Å². The summed E-state index contributed by atoms with van der Waals surface area (Å²) < 4.78 is 5.29. The number of nitrogens with zero attached hydrogens (tertiary/aromatic N) is 5. The number of nitrogens with one attached hydrogen (secondary N) is 1. The fourth-order valence-corrected chi connectivity index (χ4v) is 3.96. The van der Waals surface area contributed by atoms with E-state index >= 15 is 0 Å². The molecule has 3 aromatic heterocycles. The number of piperazine rings is 1.